The van der Waals surface area contributed by atoms with Crippen molar-refractivity contribution in [2.75, 3.05) is 20.2 Å². The molecule has 0 radical (unpaired) electrons. The summed E-state index contributed by atoms with van der Waals surface area (Å²) in [5, 5.41) is 6.54. The van der Waals surface area contributed by atoms with Crippen LogP contribution in [0.2, 0.25) is 5.02 Å². The van der Waals surface area contributed by atoms with Gasteiger partial charge in [0.15, 0.2) is 0 Å². The van der Waals surface area contributed by atoms with Gasteiger partial charge in [-0.3, -0.25) is 19.1 Å². The maximum atomic E-state index is 13.0. The molecule has 1 saturated carbocycles. The molecule has 0 unspecified atom stereocenters. The van der Waals surface area contributed by atoms with Crippen molar-refractivity contribution in [2.45, 2.75) is 24.1 Å². The predicted octanol–water partition coefficient (Wildman–Crippen LogP) is -0.777. The molecule has 188 valence electrons. The molecular weight excluding hydrogens is 492 g/mol. The normalized spacial score (nSPS) is 15.3. The van der Waals surface area contributed by atoms with Crippen LogP contribution in [-0.2, 0) is 23.1 Å². The number of aromatic nitrogens is 1. The summed E-state index contributed by atoms with van der Waals surface area (Å²) in [4.78, 5) is 37.1. The van der Waals surface area contributed by atoms with Gasteiger partial charge in [0.1, 0.15) is 17.5 Å². The Labute approximate surface area is 211 Å². The fourth-order valence-electron chi connectivity index (χ4n) is 3.27. The highest BCUT2D eigenvalue weighted by molar-refractivity contribution is 7.99. The second-order valence-electron chi connectivity index (χ2n) is 8.13. The molecular formula is C23H29ClN6O4S. The van der Waals surface area contributed by atoms with Crippen molar-refractivity contribution < 1.29 is 14.3 Å². The number of carbonyl (C=O) groups excluding carboxylic acids is 2. The van der Waals surface area contributed by atoms with Gasteiger partial charge in [0.25, 0.3) is 11.5 Å². The van der Waals surface area contributed by atoms with Gasteiger partial charge in [0.05, 0.1) is 11.3 Å². The lowest BCUT2D eigenvalue weighted by Crippen LogP contribution is -2.48. The number of rotatable bonds is 10. The highest BCUT2D eigenvalue weighted by Crippen LogP contribution is 2.47. The average Bonchev–Trinajstić information content (AvgIpc) is 3.63. The first-order valence-electron chi connectivity index (χ1n) is 10.9. The monoisotopic (exact) mass is 520 g/mol. The SMILES string of the molecule is CNC(=O)CNSC1(CO/C(N)=c2/c(=C\N)cc(C(=O)NCc3ccc(Cl)cc3)c(=O)n2C)CC1. The largest absolute Gasteiger partial charge is 0.476 e. The number of benzene rings is 1. The van der Waals surface area contributed by atoms with E-state index in [1.165, 1.54) is 35.8 Å². The molecule has 1 aliphatic rings. The van der Waals surface area contributed by atoms with Crippen LogP contribution in [0.4, 0.5) is 0 Å². The molecule has 1 aromatic carbocycles. The zero-order chi connectivity index (χ0) is 25.6. The number of hydrogen-bond acceptors (Lipinski definition) is 8. The highest BCUT2D eigenvalue weighted by atomic mass is 35.5. The number of nitrogens with zero attached hydrogens (tertiary/aromatic N) is 1. The Kier molecular flexibility index (Phi) is 8.71. The molecule has 10 nitrogen and oxygen atoms in total. The summed E-state index contributed by atoms with van der Waals surface area (Å²) in [7, 11) is 3.08. The number of likely N-dealkylation sites (N-methyl/N-ethyl adjacent to an activating group) is 1. The van der Waals surface area contributed by atoms with Crippen molar-refractivity contribution in [3.05, 3.63) is 67.4 Å². The van der Waals surface area contributed by atoms with E-state index >= 15 is 0 Å². The number of nitrogens with one attached hydrogen (secondary N) is 3. The summed E-state index contributed by atoms with van der Waals surface area (Å²) in [6.45, 7) is 0.698. The topological polar surface area (TPSA) is 154 Å². The van der Waals surface area contributed by atoms with Gasteiger partial charge in [-0.15, -0.1) is 0 Å². The Morgan fingerprint density at radius 2 is 1.97 bits per heavy atom. The molecule has 7 N–H and O–H groups in total. The van der Waals surface area contributed by atoms with Crippen molar-refractivity contribution in [3.8, 4) is 0 Å². The van der Waals surface area contributed by atoms with Crippen molar-refractivity contribution in [2.24, 2.45) is 18.5 Å². The Morgan fingerprint density at radius 1 is 1.29 bits per heavy atom. The van der Waals surface area contributed by atoms with Crippen molar-refractivity contribution in [3.63, 3.8) is 0 Å². The third-order valence-corrected chi connectivity index (χ3v) is 7.07. The molecule has 3 rings (SSSR count). The summed E-state index contributed by atoms with van der Waals surface area (Å²) >= 11 is 7.32. The molecule has 12 heteroatoms. The molecule has 0 atom stereocenters. The maximum Gasteiger partial charge on any atom is 0.263 e. The zero-order valence-electron chi connectivity index (χ0n) is 19.5. The Hall–Kier alpha value is -3.15. The summed E-state index contributed by atoms with van der Waals surface area (Å²) in [6, 6.07) is 8.42. The van der Waals surface area contributed by atoms with Crippen LogP contribution >= 0.6 is 23.5 Å². The van der Waals surface area contributed by atoms with Gasteiger partial charge in [0, 0.05) is 37.1 Å². The van der Waals surface area contributed by atoms with Crippen LogP contribution in [0.3, 0.4) is 0 Å². The fraction of sp³-hybridized carbons (Fsp3) is 0.348. The Morgan fingerprint density at radius 3 is 2.57 bits per heavy atom. The van der Waals surface area contributed by atoms with E-state index in [-0.39, 0.29) is 47.1 Å². The first kappa shape index (κ1) is 26.5. The van der Waals surface area contributed by atoms with E-state index in [0.717, 1.165) is 18.4 Å². The summed E-state index contributed by atoms with van der Waals surface area (Å²) in [6.07, 6.45) is 3.06. The van der Waals surface area contributed by atoms with Crippen LogP contribution in [0.5, 0.6) is 0 Å². The molecule has 2 amide bonds. The zero-order valence-corrected chi connectivity index (χ0v) is 21.1. The van der Waals surface area contributed by atoms with E-state index in [4.69, 9.17) is 27.8 Å². The van der Waals surface area contributed by atoms with E-state index in [1.54, 1.807) is 31.3 Å². The smallest absolute Gasteiger partial charge is 0.263 e. The molecule has 35 heavy (non-hydrogen) atoms. The number of amides is 2. The highest BCUT2D eigenvalue weighted by Gasteiger charge is 2.45. The van der Waals surface area contributed by atoms with E-state index < -0.39 is 11.5 Å². The van der Waals surface area contributed by atoms with Gasteiger partial charge in [-0.25, -0.2) is 0 Å². The van der Waals surface area contributed by atoms with Gasteiger partial charge in [-0.05, 0) is 36.6 Å². The lowest BCUT2D eigenvalue weighted by Gasteiger charge is -2.17. The maximum absolute atomic E-state index is 13.0. The molecule has 1 aliphatic carbocycles. The van der Waals surface area contributed by atoms with Crippen LogP contribution in [-0.4, -0.2) is 41.3 Å². The molecule has 2 aromatic rings. The minimum absolute atomic E-state index is 0.0209. The molecule has 1 fully saturated rings. The van der Waals surface area contributed by atoms with Crippen LogP contribution < -0.4 is 43.0 Å². The number of nitrogens with two attached hydrogens (primary N) is 2. The molecule has 1 heterocycles. The number of pyridine rings is 1. The number of hydrogen-bond donors (Lipinski definition) is 5. The van der Waals surface area contributed by atoms with E-state index in [9.17, 15) is 14.4 Å². The first-order valence-corrected chi connectivity index (χ1v) is 12.1. The van der Waals surface area contributed by atoms with Crippen molar-refractivity contribution in [1.82, 2.24) is 19.9 Å². The first-order chi connectivity index (χ1) is 16.7. The standard InChI is InChI=1S/C23H29ClN6O4S/c1-27-18(31)12-29-35-23(7-8-23)13-34-20(26)19-15(10-25)9-17(22(33)30(19)2)21(32)28-11-14-3-5-16(24)6-4-14/h3-6,9-10,29H,7-8,11-13,25-26H2,1-2H3,(H,27,31)(H,28,32)/b15-10-,20-19-. The third-order valence-electron chi connectivity index (χ3n) is 5.57. The van der Waals surface area contributed by atoms with Crippen LogP contribution in [0, 0.1) is 0 Å². The second-order valence-corrected chi connectivity index (χ2v) is 9.93. The number of ether oxygens (including phenoxy) is 1. The average molecular weight is 521 g/mol. The van der Waals surface area contributed by atoms with Crippen LogP contribution in [0.15, 0.2) is 35.1 Å². The predicted molar refractivity (Wildman–Crippen MR) is 137 cm³/mol. The quantitative estimate of drug-likeness (QED) is 0.256. The van der Waals surface area contributed by atoms with Gasteiger partial charge >= 0.3 is 0 Å². The second kappa shape index (κ2) is 11.5. The summed E-state index contributed by atoms with van der Waals surface area (Å²) < 4.78 is 9.90. The van der Waals surface area contributed by atoms with E-state index in [1.807, 2.05) is 0 Å². The molecule has 0 spiro atoms. The lowest BCUT2D eigenvalue weighted by molar-refractivity contribution is -0.119. The van der Waals surface area contributed by atoms with E-state index in [2.05, 4.69) is 15.4 Å². The Balaban J connectivity index is 1.76. The fourth-order valence-corrected chi connectivity index (χ4v) is 4.33. The summed E-state index contributed by atoms with van der Waals surface area (Å²) in [5.74, 6) is -0.631. The molecule has 0 bridgehead atoms. The van der Waals surface area contributed by atoms with Gasteiger partial charge in [-0.1, -0.05) is 35.7 Å². The number of halogens is 1. The molecule has 1 aromatic heterocycles. The minimum Gasteiger partial charge on any atom is -0.476 e. The summed E-state index contributed by atoms with van der Waals surface area (Å²) in [5.41, 5.74) is 12.2. The lowest BCUT2D eigenvalue weighted by atomic mass is 10.2. The van der Waals surface area contributed by atoms with Crippen molar-refractivity contribution >= 4 is 47.4 Å². The van der Waals surface area contributed by atoms with Gasteiger partial charge < -0.3 is 31.4 Å². The minimum atomic E-state index is -0.537. The van der Waals surface area contributed by atoms with Crippen LogP contribution in [0.1, 0.15) is 28.8 Å². The Bertz CT molecular complexity index is 1270. The number of carbonyl (C=O) groups is 2. The van der Waals surface area contributed by atoms with E-state index in [0.29, 0.717) is 10.2 Å². The third kappa shape index (κ3) is 6.71. The van der Waals surface area contributed by atoms with Crippen LogP contribution in [0.25, 0.3) is 12.1 Å². The van der Waals surface area contributed by atoms with Gasteiger partial charge in [-0.2, -0.15) is 0 Å². The van der Waals surface area contributed by atoms with Crippen molar-refractivity contribution in [1.29, 1.82) is 0 Å². The molecule has 0 aliphatic heterocycles. The molecule has 0 saturated heterocycles. The van der Waals surface area contributed by atoms with Gasteiger partial charge in [0.2, 0.25) is 11.8 Å².